The number of anilines is 1. The van der Waals surface area contributed by atoms with Gasteiger partial charge in [0, 0.05) is 5.39 Å². The number of hydrogen-bond donors (Lipinski definition) is 1. The van der Waals surface area contributed by atoms with Crippen molar-refractivity contribution >= 4 is 28.0 Å². The highest BCUT2D eigenvalue weighted by atomic mass is 14.8. The standard InChI is InChI=1S/C12H10N2/c1-2-14-12-10-6-4-3-5-9(10)7-8-11(12)13/h3-8H,1,13H2. The molecule has 0 saturated carbocycles. The number of fused-ring (bicyclic) bond motifs is 1. The van der Waals surface area contributed by atoms with Gasteiger partial charge < -0.3 is 5.73 Å². The molecule has 0 aliphatic heterocycles. The maximum absolute atomic E-state index is 5.81. The van der Waals surface area contributed by atoms with Crippen LogP contribution >= 0.6 is 0 Å². The van der Waals surface area contributed by atoms with Crippen LogP contribution in [0.15, 0.2) is 48.0 Å². The van der Waals surface area contributed by atoms with Gasteiger partial charge in [-0.05, 0) is 23.9 Å². The maximum Gasteiger partial charge on any atom is 0.104 e. The molecule has 2 rings (SSSR count). The number of nitrogen functional groups attached to an aromatic ring is 1. The molecule has 0 unspecified atom stereocenters. The minimum Gasteiger partial charge on any atom is -0.397 e. The lowest BCUT2D eigenvalue weighted by Crippen LogP contribution is -1.85. The summed E-state index contributed by atoms with van der Waals surface area (Å²) in [6.45, 7) is 3.46. The summed E-state index contributed by atoms with van der Waals surface area (Å²) in [6, 6.07) is 11.8. The average Bonchev–Trinajstić information content (AvgIpc) is 2.23. The quantitative estimate of drug-likeness (QED) is 0.534. The van der Waals surface area contributed by atoms with Crippen molar-refractivity contribution in [2.75, 3.05) is 5.73 Å². The largest absolute Gasteiger partial charge is 0.397 e. The number of aliphatic imine (C=N–C) groups is 1. The lowest BCUT2D eigenvalue weighted by molar-refractivity contribution is 1.58. The summed E-state index contributed by atoms with van der Waals surface area (Å²) in [7, 11) is 0. The van der Waals surface area contributed by atoms with Crippen LogP contribution in [0.5, 0.6) is 0 Å². The Hall–Kier alpha value is -2.05. The Morgan fingerprint density at radius 1 is 1.14 bits per heavy atom. The van der Waals surface area contributed by atoms with Gasteiger partial charge in [0.2, 0.25) is 0 Å². The van der Waals surface area contributed by atoms with Gasteiger partial charge in [0.1, 0.15) is 5.69 Å². The molecule has 0 saturated heterocycles. The highest BCUT2D eigenvalue weighted by Gasteiger charge is 2.02. The average molecular weight is 182 g/mol. The number of rotatable bonds is 1. The van der Waals surface area contributed by atoms with E-state index in [2.05, 4.69) is 17.4 Å². The minimum absolute atomic E-state index is 0.653. The monoisotopic (exact) mass is 182 g/mol. The molecular formula is C12H10N2. The van der Waals surface area contributed by atoms with Gasteiger partial charge >= 0.3 is 0 Å². The van der Waals surface area contributed by atoms with E-state index < -0.39 is 0 Å². The Morgan fingerprint density at radius 2 is 1.93 bits per heavy atom. The first-order valence-corrected chi connectivity index (χ1v) is 4.33. The zero-order valence-corrected chi connectivity index (χ0v) is 7.70. The molecule has 0 aliphatic rings. The van der Waals surface area contributed by atoms with Crippen LogP contribution in [-0.2, 0) is 0 Å². The van der Waals surface area contributed by atoms with Gasteiger partial charge in [-0.2, -0.15) is 0 Å². The van der Waals surface area contributed by atoms with Crippen LogP contribution in [0, 0.1) is 0 Å². The summed E-state index contributed by atoms with van der Waals surface area (Å²) in [5, 5.41) is 2.15. The molecule has 2 aromatic carbocycles. The van der Waals surface area contributed by atoms with Crippen LogP contribution in [-0.4, -0.2) is 5.87 Å². The smallest absolute Gasteiger partial charge is 0.104 e. The van der Waals surface area contributed by atoms with Crippen LogP contribution in [0.2, 0.25) is 0 Å². The Bertz CT molecular complexity index is 523. The van der Waals surface area contributed by atoms with Gasteiger partial charge in [-0.25, -0.2) is 4.99 Å². The topological polar surface area (TPSA) is 38.4 Å². The van der Waals surface area contributed by atoms with Crippen molar-refractivity contribution in [3.63, 3.8) is 0 Å². The number of hydrogen-bond acceptors (Lipinski definition) is 2. The van der Waals surface area contributed by atoms with E-state index in [0.29, 0.717) is 5.69 Å². The molecule has 0 amide bonds. The van der Waals surface area contributed by atoms with Gasteiger partial charge in [-0.15, -0.1) is 0 Å². The summed E-state index contributed by atoms with van der Waals surface area (Å²) in [4.78, 5) is 4.05. The van der Waals surface area contributed by atoms with Crippen molar-refractivity contribution in [3.8, 4) is 0 Å². The first kappa shape index (κ1) is 8.54. The van der Waals surface area contributed by atoms with Crippen LogP contribution in [0.1, 0.15) is 0 Å². The predicted molar refractivity (Wildman–Crippen MR) is 61.1 cm³/mol. The van der Waals surface area contributed by atoms with Gasteiger partial charge in [-0.3, -0.25) is 0 Å². The molecule has 0 atom stereocenters. The third kappa shape index (κ3) is 1.28. The van der Waals surface area contributed by atoms with Crippen molar-refractivity contribution in [1.82, 2.24) is 0 Å². The molecule has 2 N–H and O–H groups in total. The second-order valence-corrected chi connectivity index (χ2v) is 2.99. The predicted octanol–water partition coefficient (Wildman–Crippen LogP) is 2.91. The second-order valence-electron chi connectivity index (χ2n) is 2.99. The molecule has 0 aliphatic carbocycles. The molecular weight excluding hydrogens is 172 g/mol. The Morgan fingerprint density at radius 3 is 2.71 bits per heavy atom. The van der Waals surface area contributed by atoms with Crippen molar-refractivity contribution in [2.24, 2.45) is 4.99 Å². The Kier molecular flexibility index (Phi) is 2.05. The first-order chi connectivity index (χ1) is 6.83. The molecule has 0 fully saturated rings. The summed E-state index contributed by atoms with van der Waals surface area (Å²) >= 11 is 0. The van der Waals surface area contributed by atoms with Gasteiger partial charge in [0.05, 0.1) is 5.69 Å². The second kappa shape index (κ2) is 3.36. The van der Waals surface area contributed by atoms with E-state index in [1.54, 1.807) is 0 Å². The number of nitrogens with zero attached hydrogens (tertiary/aromatic N) is 1. The molecule has 2 aromatic rings. The van der Waals surface area contributed by atoms with Crippen molar-refractivity contribution in [3.05, 3.63) is 43.0 Å². The molecule has 2 heteroatoms. The van der Waals surface area contributed by atoms with E-state index in [0.717, 1.165) is 16.5 Å². The van der Waals surface area contributed by atoms with Crippen LogP contribution in [0.3, 0.4) is 0 Å². The fraction of sp³-hybridized carbons (Fsp3) is 0. The Labute approximate surface area is 82.4 Å². The van der Waals surface area contributed by atoms with E-state index >= 15 is 0 Å². The van der Waals surface area contributed by atoms with E-state index in [9.17, 15) is 0 Å². The van der Waals surface area contributed by atoms with Crippen molar-refractivity contribution < 1.29 is 0 Å². The third-order valence-corrected chi connectivity index (χ3v) is 2.12. The SMILES string of the molecule is C=C=Nc1c(N)ccc2ccccc12. The highest BCUT2D eigenvalue weighted by molar-refractivity contribution is 5.98. The normalized spacial score (nSPS) is 9.71. The molecule has 0 spiro atoms. The summed E-state index contributed by atoms with van der Waals surface area (Å²) in [6.07, 6.45) is 0. The fourth-order valence-corrected chi connectivity index (χ4v) is 1.48. The number of nitrogens with two attached hydrogens (primary N) is 1. The lowest BCUT2D eigenvalue weighted by atomic mass is 10.1. The fourth-order valence-electron chi connectivity index (χ4n) is 1.48. The first-order valence-electron chi connectivity index (χ1n) is 4.33. The zero-order valence-electron chi connectivity index (χ0n) is 7.70. The summed E-state index contributed by atoms with van der Waals surface area (Å²) in [5.41, 5.74) is 7.21. The molecule has 0 radical (unpaired) electrons. The molecule has 68 valence electrons. The molecule has 0 bridgehead atoms. The van der Waals surface area contributed by atoms with Crippen LogP contribution in [0.25, 0.3) is 10.8 Å². The maximum atomic E-state index is 5.81. The van der Waals surface area contributed by atoms with E-state index in [-0.39, 0.29) is 0 Å². The van der Waals surface area contributed by atoms with Gasteiger partial charge in [-0.1, -0.05) is 30.3 Å². The Balaban J connectivity index is 2.89. The molecule has 0 aromatic heterocycles. The summed E-state index contributed by atoms with van der Waals surface area (Å²) < 4.78 is 0. The molecule has 2 nitrogen and oxygen atoms in total. The van der Waals surface area contributed by atoms with Crippen molar-refractivity contribution in [1.29, 1.82) is 0 Å². The van der Waals surface area contributed by atoms with E-state index in [4.69, 9.17) is 5.73 Å². The van der Waals surface area contributed by atoms with Crippen LogP contribution < -0.4 is 5.73 Å². The van der Waals surface area contributed by atoms with E-state index in [1.807, 2.05) is 36.4 Å². The van der Waals surface area contributed by atoms with Crippen LogP contribution in [0.4, 0.5) is 11.4 Å². The van der Waals surface area contributed by atoms with Crippen molar-refractivity contribution in [2.45, 2.75) is 0 Å². The minimum atomic E-state index is 0.653. The lowest BCUT2D eigenvalue weighted by Gasteiger charge is -2.03. The van der Waals surface area contributed by atoms with E-state index in [1.165, 1.54) is 0 Å². The van der Waals surface area contributed by atoms with Gasteiger partial charge in [0.15, 0.2) is 0 Å². The third-order valence-electron chi connectivity index (χ3n) is 2.12. The highest BCUT2D eigenvalue weighted by Crippen LogP contribution is 2.31. The number of benzene rings is 2. The zero-order chi connectivity index (χ0) is 9.97. The molecule has 0 heterocycles. The van der Waals surface area contributed by atoms with Gasteiger partial charge in [0.25, 0.3) is 0 Å². The molecule has 14 heavy (non-hydrogen) atoms. The summed E-state index contributed by atoms with van der Waals surface area (Å²) in [5.74, 6) is 2.51.